The summed E-state index contributed by atoms with van der Waals surface area (Å²) < 4.78 is 0. The summed E-state index contributed by atoms with van der Waals surface area (Å²) in [7, 11) is 0. The number of anilines is 1. The van der Waals surface area contributed by atoms with E-state index in [4.69, 9.17) is 5.10 Å². The van der Waals surface area contributed by atoms with Crippen LogP contribution in [0.2, 0.25) is 0 Å². The van der Waals surface area contributed by atoms with Crippen molar-refractivity contribution in [1.29, 1.82) is 0 Å². The lowest BCUT2D eigenvalue weighted by Crippen LogP contribution is -2.19. The van der Waals surface area contributed by atoms with Crippen LogP contribution in [0.15, 0.2) is 64.6 Å². The molecular formula is C17H16N2S. The number of rotatable bonds is 1. The van der Waals surface area contributed by atoms with Gasteiger partial charge in [0.15, 0.2) is 0 Å². The SMILES string of the molecule is c1ccc(N2CC3CCSc4ccccc4C3=N2)cc1. The molecule has 1 unspecified atom stereocenters. The molecule has 2 nitrogen and oxygen atoms in total. The fraction of sp³-hybridized carbons (Fsp3) is 0.235. The summed E-state index contributed by atoms with van der Waals surface area (Å²) in [6.07, 6.45) is 1.21. The van der Waals surface area contributed by atoms with Gasteiger partial charge in [0, 0.05) is 16.4 Å². The van der Waals surface area contributed by atoms with E-state index in [-0.39, 0.29) is 0 Å². The van der Waals surface area contributed by atoms with E-state index in [1.165, 1.54) is 34.0 Å². The number of hydrazone groups is 1. The summed E-state index contributed by atoms with van der Waals surface area (Å²) in [5.41, 5.74) is 3.80. The third kappa shape index (κ3) is 2.02. The number of benzene rings is 2. The molecule has 2 heterocycles. The van der Waals surface area contributed by atoms with Crippen molar-refractivity contribution in [3.8, 4) is 0 Å². The minimum atomic E-state index is 0.561. The molecule has 20 heavy (non-hydrogen) atoms. The summed E-state index contributed by atoms with van der Waals surface area (Å²) in [4.78, 5) is 1.38. The molecule has 4 rings (SSSR count). The molecule has 0 fully saturated rings. The van der Waals surface area contributed by atoms with Crippen molar-refractivity contribution in [2.75, 3.05) is 17.3 Å². The molecule has 0 aliphatic carbocycles. The van der Waals surface area contributed by atoms with Crippen LogP contribution in [0.1, 0.15) is 12.0 Å². The highest BCUT2D eigenvalue weighted by molar-refractivity contribution is 7.99. The Hall–Kier alpha value is -1.74. The number of nitrogens with zero attached hydrogens (tertiary/aromatic N) is 2. The smallest absolute Gasteiger partial charge is 0.0742 e. The zero-order valence-electron chi connectivity index (χ0n) is 11.2. The minimum absolute atomic E-state index is 0.561. The van der Waals surface area contributed by atoms with Gasteiger partial charge < -0.3 is 0 Å². The van der Waals surface area contributed by atoms with E-state index in [9.17, 15) is 0 Å². The predicted octanol–water partition coefficient (Wildman–Crippen LogP) is 4.02. The first kappa shape index (κ1) is 12.0. The summed E-state index contributed by atoms with van der Waals surface area (Å²) in [5, 5.41) is 7.08. The Balaban J connectivity index is 1.76. The molecule has 2 aromatic rings. The Labute approximate surface area is 123 Å². The van der Waals surface area contributed by atoms with Crippen LogP contribution < -0.4 is 5.01 Å². The van der Waals surface area contributed by atoms with Crippen molar-refractivity contribution >= 4 is 23.2 Å². The van der Waals surface area contributed by atoms with Crippen LogP contribution in [-0.4, -0.2) is 18.0 Å². The van der Waals surface area contributed by atoms with Gasteiger partial charge >= 0.3 is 0 Å². The molecule has 0 amide bonds. The molecular weight excluding hydrogens is 264 g/mol. The van der Waals surface area contributed by atoms with Gasteiger partial charge in [0.25, 0.3) is 0 Å². The van der Waals surface area contributed by atoms with Crippen molar-refractivity contribution < 1.29 is 0 Å². The van der Waals surface area contributed by atoms with Gasteiger partial charge in [-0.15, -0.1) is 11.8 Å². The fourth-order valence-corrected chi connectivity index (χ4v) is 4.05. The monoisotopic (exact) mass is 280 g/mol. The van der Waals surface area contributed by atoms with Crippen LogP contribution in [0.3, 0.4) is 0 Å². The largest absolute Gasteiger partial charge is 0.265 e. The van der Waals surface area contributed by atoms with Gasteiger partial charge in [-0.3, -0.25) is 5.01 Å². The van der Waals surface area contributed by atoms with Crippen molar-refractivity contribution in [3.63, 3.8) is 0 Å². The molecule has 2 aliphatic heterocycles. The van der Waals surface area contributed by atoms with Crippen molar-refractivity contribution in [2.24, 2.45) is 11.0 Å². The van der Waals surface area contributed by atoms with Crippen molar-refractivity contribution in [1.82, 2.24) is 0 Å². The van der Waals surface area contributed by atoms with E-state index in [0.29, 0.717) is 5.92 Å². The second-order valence-electron chi connectivity index (χ2n) is 5.23. The molecule has 0 saturated carbocycles. The van der Waals surface area contributed by atoms with E-state index < -0.39 is 0 Å². The van der Waals surface area contributed by atoms with E-state index in [2.05, 4.69) is 59.6 Å². The Morgan fingerprint density at radius 3 is 2.70 bits per heavy atom. The Kier molecular flexibility index (Phi) is 3.00. The van der Waals surface area contributed by atoms with Crippen molar-refractivity contribution in [3.05, 3.63) is 60.2 Å². The molecule has 3 heteroatoms. The predicted molar refractivity (Wildman–Crippen MR) is 85.6 cm³/mol. The maximum Gasteiger partial charge on any atom is 0.0742 e. The van der Waals surface area contributed by atoms with Gasteiger partial charge in [-0.2, -0.15) is 5.10 Å². The molecule has 100 valence electrons. The minimum Gasteiger partial charge on any atom is -0.265 e. The van der Waals surface area contributed by atoms with Gasteiger partial charge in [0.2, 0.25) is 0 Å². The van der Waals surface area contributed by atoms with Crippen LogP contribution in [0, 0.1) is 5.92 Å². The first-order chi connectivity index (χ1) is 9.92. The van der Waals surface area contributed by atoms with Gasteiger partial charge in [-0.25, -0.2) is 0 Å². The van der Waals surface area contributed by atoms with Crippen LogP contribution in [0.5, 0.6) is 0 Å². The second-order valence-corrected chi connectivity index (χ2v) is 6.37. The number of hydrogen-bond acceptors (Lipinski definition) is 3. The highest BCUT2D eigenvalue weighted by Gasteiger charge is 2.31. The molecule has 2 aromatic carbocycles. The molecule has 0 saturated heterocycles. The third-order valence-electron chi connectivity index (χ3n) is 3.95. The van der Waals surface area contributed by atoms with Crippen LogP contribution in [-0.2, 0) is 0 Å². The summed E-state index contributed by atoms with van der Waals surface area (Å²) in [6, 6.07) is 19.2. The summed E-state index contributed by atoms with van der Waals surface area (Å²) >= 11 is 1.96. The van der Waals surface area contributed by atoms with Gasteiger partial charge in [0.1, 0.15) is 0 Å². The summed E-state index contributed by atoms with van der Waals surface area (Å²) in [6.45, 7) is 1.01. The van der Waals surface area contributed by atoms with Gasteiger partial charge in [-0.05, 0) is 30.4 Å². The first-order valence-electron chi connectivity index (χ1n) is 7.05. The third-order valence-corrected chi connectivity index (χ3v) is 5.06. The Bertz CT molecular complexity index is 651. The van der Waals surface area contributed by atoms with E-state index in [0.717, 1.165) is 6.54 Å². The highest BCUT2D eigenvalue weighted by atomic mass is 32.2. The Morgan fingerprint density at radius 2 is 1.80 bits per heavy atom. The number of fused-ring (bicyclic) bond motifs is 3. The normalized spacial score (nSPS) is 20.9. The van der Waals surface area contributed by atoms with E-state index in [1.807, 2.05) is 11.8 Å². The molecule has 1 atom stereocenters. The molecule has 0 aromatic heterocycles. The lowest BCUT2D eigenvalue weighted by Gasteiger charge is -2.15. The maximum atomic E-state index is 4.92. The first-order valence-corrected chi connectivity index (χ1v) is 8.04. The number of hydrogen-bond donors (Lipinski definition) is 0. The van der Waals surface area contributed by atoms with Gasteiger partial charge in [-0.1, -0.05) is 36.4 Å². The van der Waals surface area contributed by atoms with Gasteiger partial charge in [0.05, 0.1) is 17.9 Å². The summed E-state index contributed by atoms with van der Waals surface area (Å²) in [5.74, 6) is 1.75. The quantitative estimate of drug-likeness (QED) is 0.784. The molecule has 0 radical (unpaired) electrons. The average molecular weight is 280 g/mol. The standard InChI is InChI=1S/C17H16N2S/c1-2-6-14(7-3-1)19-12-13-10-11-20-16-9-5-4-8-15(16)17(13)18-19/h1-9,13H,10-12H2. The number of thioether (sulfide) groups is 1. The Morgan fingerprint density at radius 1 is 1.00 bits per heavy atom. The van der Waals surface area contributed by atoms with Crippen LogP contribution >= 0.6 is 11.8 Å². The lowest BCUT2D eigenvalue weighted by molar-refractivity contribution is 0.691. The topological polar surface area (TPSA) is 15.6 Å². The fourth-order valence-electron chi connectivity index (χ4n) is 2.93. The molecule has 0 N–H and O–H groups in total. The molecule has 0 spiro atoms. The molecule has 2 aliphatic rings. The number of para-hydroxylation sites is 1. The molecule has 0 bridgehead atoms. The zero-order valence-corrected chi connectivity index (χ0v) is 12.0. The van der Waals surface area contributed by atoms with Crippen LogP contribution in [0.4, 0.5) is 5.69 Å². The van der Waals surface area contributed by atoms with E-state index >= 15 is 0 Å². The highest BCUT2D eigenvalue weighted by Crippen LogP contribution is 2.36. The van der Waals surface area contributed by atoms with Crippen molar-refractivity contribution in [2.45, 2.75) is 11.3 Å². The lowest BCUT2D eigenvalue weighted by atomic mass is 9.95. The van der Waals surface area contributed by atoms with Crippen LogP contribution in [0.25, 0.3) is 0 Å². The average Bonchev–Trinajstić information content (AvgIpc) is 2.85. The zero-order chi connectivity index (χ0) is 13.4. The second kappa shape index (κ2) is 4.98. The van der Waals surface area contributed by atoms with E-state index in [1.54, 1.807) is 0 Å². The maximum absolute atomic E-state index is 4.92.